The van der Waals surface area contributed by atoms with Crippen LogP contribution in [0.1, 0.15) is 30.4 Å². The van der Waals surface area contributed by atoms with E-state index < -0.39 is 10.2 Å². The SMILES string of the molecule is Cc1cc(C#CCN)ccc1NS(=O)(=O)N1CCCCC1. The average Bonchev–Trinajstić information content (AvgIpc) is 2.48. The van der Waals surface area contributed by atoms with E-state index in [2.05, 4.69) is 16.6 Å². The van der Waals surface area contributed by atoms with Crippen molar-refractivity contribution in [2.24, 2.45) is 5.73 Å². The lowest BCUT2D eigenvalue weighted by molar-refractivity contribution is 0.349. The number of hydrogen-bond acceptors (Lipinski definition) is 3. The quantitative estimate of drug-likeness (QED) is 0.830. The number of benzene rings is 1. The van der Waals surface area contributed by atoms with E-state index in [1.165, 1.54) is 4.31 Å². The Morgan fingerprint density at radius 2 is 2.00 bits per heavy atom. The molecule has 5 nitrogen and oxygen atoms in total. The third kappa shape index (κ3) is 4.21. The van der Waals surface area contributed by atoms with Crippen molar-refractivity contribution in [2.75, 3.05) is 24.4 Å². The van der Waals surface area contributed by atoms with Crippen molar-refractivity contribution in [3.63, 3.8) is 0 Å². The average molecular weight is 307 g/mol. The van der Waals surface area contributed by atoms with E-state index in [-0.39, 0.29) is 0 Å². The van der Waals surface area contributed by atoms with Crippen LogP contribution in [-0.4, -0.2) is 32.4 Å². The summed E-state index contributed by atoms with van der Waals surface area (Å²) in [7, 11) is -3.46. The van der Waals surface area contributed by atoms with Gasteiger partial charge >= 0.3 is 10.2 Å². The normalized spacial score (nSPS) is 16.1. The fraction of sp³-hybridized carbons (Fsp3) is 0.467. The molecule has 0 amide bonds. The van der Waals surface area contributed by atoms with Crippen molar-refractivity contribution in [1.29, 1.82) is 0 Å². The molecule has 1 aromatic rings. The zero-order valence-electron chi connectivity index (χ0n) is 12.2. The van der Waals surface area contributed by atoms with Gasteiger partial charge < -0.3 is 5.73 Å². The second-order valence-electron chi connectivity index (χ2n) is 5.10. The molecule has 0 atom stereocenters. The van der Waals surface area contributed by atoms with E-state index in [1.54, 1.807) is 12.1 Å². The van der Waals surface area contributed by atoms with E-state index in [1.807, 2.05) is 13.0 Å². The number of anilines is 1. The molecule has 0 aliphatic carbocycles. The third-order valence-corrected chi connectivity index (χ3v) is 4.98. The maximum atomic E-state index is 12.3. The first kappa shape index (κ1) is 15.8. The number of piperidine rings is 1. The van der Waals surface area contributed by atoms with Gasteiger partial charge in [0.25, 0.3) is 0 Å². The Kier molecular flexibility index (Phi) is 5.23. The van der Waals surface area contributed by atoms with Gasteiger partial charge in [-0.2, -0.15) is 12.7 Å². The summed E-state index contributed by atoms with van der Waals surface area (Å²) in [5.74, 6) is 5.72. The first-order valence-corrected chi connectivity index (χ1v) is 8.54. The fourth-order valence-electron chi connectivity index (χ4n) is 2.32. The van der Waals surface area contributed by atoms with E-state index >= 15 is 0 Å². The largest absolute Gasteiger partial charge is 0.320 e. The van der Waals surface area contributed by atoms with Gasteiger partial charge in [-0.25, -0.2) is 0 Å². The summed E-state index contributed by atoms with van der Waals surface area (Å²) in [6, 6.07) is 5.40. The summed E-state index contributed by atoms with van der Waals surface area (Å²) in [6.07, 6.45) is 2.95. The van der Waals surface area contributed by atoms with Crippen molar-refractivity contribution in [3.05, 3.63) is 29.3 Å². The molecule has 3 N–H and O–H groups in total. The Bertz CT molecular complexity index is 653. The van der Waals surface area contributed by atoms with E-state index in [4.69, 9.17) is 5.73 Å². The highest BCUT2D eigenvalue weighted by molar-refractivity contribution is 7.90. The highest BCUT2D eigenvalue weighted by Gasteiger charge is 2.24. The summed E-state index contributed by atoms with van der Waals surface area (Å²) in [5, 5.41) is 0. The van der Waals surface area contributed by atoms with Crippen LogP contribution >= 0.6 is 0 Å². The van der Waals surface area contributed by atoms with Crippen molar-refractivity contribution in [2.45, 2.75) is 26.2 Å². The zero-order valence-corrected chi connectivity index (χ0v) is 13.0. The lowest BCUT2D eigenvalue weighted by atomic mass is 10.1. The molecule has 6 heteroatoms. The lowest BCUT2D eigenvalue weighted by Gasteiger charge is -2.26. The van der Waals surface area contributed by atoms with E-state index in [9.17, 15) is 8.42 Å². The summed E-state index contributed by atoms with van der Waals surface area (Å²) in [4.78, 5) is 0. The predicted molar refractivity (Wildman–Crippen MR) is 85.1 cm³/mol. The standard InChI is InChI=1S/C15H21N3O2S/c1-13-12-14(6-5-9-16)7-8-15(13)17-21(19,20)18-10-3-2-4-11-18/h7-8,12,17H,2-4,9-11,16H2,1H3. The second kappa shape index (κ2) is 6.94. The molecule has 1 saturated heterocycles. The third-order valence-electron chi connectivity index (χ3n) is 3.46. The molecule has 0 radical (unpaired) electrons. The maximum absolute atomic E-state index is 12.3. The van der Waals surface area contributed by atoms with Gasteiger partial charge in [0.15, 0.2) is 0 Å². The van der Waals surface area contributed by atoms with Gasteiger partial charge in [-0.1, -0.05) is 18.3 Å². The molecule has 0 saturated carbocycles. The van der Waals surface area contributed by atoms with Crippen LogP contribution in [0.2, 0.25) is 0 Å². The van der Waals surface area contributed by atoms with Crippen LogP contribution in [0.5, 0.6) is 0 Å². The number of rotatable bonds is 3. The molecule has 1 aromatic carbocycles. The molecule has 1 heterocycles. The molecule has 0 unspecified atom stereocenters. The van der Waals surface area contributed by atoms with Gasteiger partial charge in [-0.15, -0.1) is 0 Å². The van der Waals surface area contributed by atoms with Crippen molar-refractivity contribution < 1.29 is 8.42 Å². The smallest absolute Gasteiger partial charge is 0.301 e. The van der Waals surface area contributed by atoms with Gasteiger partial charge in [-0.05, 0) is 43.5 Å². The molecule has 1 fully saturated rings. The van der Waals surface area contributed by atoms with Gasteiger partial charge in [0.05, 0.1) is 12.2 Å². The topological polar surface area (TPSA) is 75.4 Å². The van der Waals surface area contributed by atoms with Gasteiger partial charge in [0.1, 0.15) is 0 Å². The zero-order chi connectivity index (χ0) is 15.3. The summed E-state index contributed by atoms with van der Waals surface area (Å²) >= 11 is 0. The van der Waals surface area contributed by atoms with Crippen molar-refractivity contribution >= 4 is 15.9 Å². The van der Waals surface area contributed by atoms with Gasteiger partial charge in [0.2, 0.25) is 0 Å². The lowest BCUT2D eigenvalue weighted by Crippen LogP contribution is -2.39. The van der Waals surface area contributed by atoms with Crippen LogP contribution in [-0.2, 0) is 10.2 Å². The second-order valence-corrected chi connectivity index (χ2v) is 6.77. The molecule has 1 aliphatic heterocycles. The Morgan fingerprint density at radius 3 is 2.62 bits per heavy atom. The number of nitrogens with one attached hydrogen (secondary N) is 1. The molecular formula is C15H21N3O2S. The number of nitrogens with zero attached hydrogens (tertiary/aromatic N) is 1. The maximum Gasteiger partial charge on any atom is 0.301 e. The fourth-order valence-corrected chi connectivity index (χ4v) is 3.69. The van der Waals surface area contributed by atoms with Crippen LogP contribution in [0.25, 0.3) is 0 Å². The predicted octanol–water partition coefficient (Wildman–Crippen LogP) is 1.45. The van der Waals surface area contributed by atoms with Crippen molar-refractivity contribution in [1.82, 2.24) is 4.31 Å². The minimum atomic E-state index is -3.46. The monoisotopic (exact) mass is 307 g/mol. The summed E-state index contributed by atoms with van der Waals surface area (Å²) < 4.78 is 28.8. The highest BCUT2D eigenvalue weighted by atomic mass is 32.2. The summed E-state index contributed by atoms with van der Waals surface area (Å²) in [6.45, 7) is 3.35. The Labute approximate surface area is 126 Å². The highest BCUT2D eigenvalue weighted by Crippen LogP contribution is 2.20. The Balaban J connectivity index is 2.15. The van der Waals surface area contributed by atoms with Gasteiger partial charge in [-0.3, -0.25) is 4.72 Å². The summed E-state index contributed by atoms with van der Waals surface area (Å²) in [5.41, 5.74) is 7.61. The molecular weight excluding hydrogens is 286 g/mol. The van der Waals surface area contributed by atoms with Crippen LogP contribution in [0.3, 0.4) is 0 Å². The first-order valence-electron chi connectivity index (χ1n) is 7.10. The first-order chi connectivity index (χ1) is 10.0. The molecule has 0 bridgehead atoms. The minimum Gasteiger partial charge on any atom is -0.320 e. The molecule has 2 rings (SSSR count). The molecule has 0 aromatic heterocycles. The van der Waals surface area contributed by atoms with Crippen LogP contribution < -0.4 is 10.5 Å². The number of aryl methyl sites for hydroxylation is 1. The van der Waals surface area contributed by atoms with E-state index in [0.29, 0.717) is 25.3 Å². The van der Waals surface area contributed by atoms with Crippen LogP contribution in [0.15, 0.2) is 18.2 Å². The van der Waals surface area contributed by atoms with E-state index in [0.717, 1.165) is 30.4 Å². The number of hydrogen-bond donors (Lipinski definition) is 2. The Morgan fingerprint density at radius 1 is 1.29 bits per heavy atom. The van der Waals surface area contributed by atoms with Crippen LogP contribution in [0.4, 0.5) is 5.69 Å². The Hall–Kier alpha value is -1.55. The molecule has 21 heavy (non-hydrogen) atoms. The molecule has 114 valence electrons. The molecule has 1 aliphatic rings. The molecule has 0 spiro atoms. The van der Waals surface area contributed by atoms with Crippen molar-refractivity contribution in [3.8, 4) is 11.8 Å². The minimum absolute atomic E-state index is 0.308. The number of nitrogens with two attached hydrogens (primary N) is 1. The van der Waals surface area contributed by atoms with Gasteiger partial charge in [0, 0.05) is 18.7 Å². The van der Waals surface area contributed by atoms with Crippen LogP contribution in [0, 0.1) is 18.8 Å².